The van der Waals surface area contributed by atoms with E-state index in [1.54, 1.807) is 19.2 Å². The molecule has 1 aliphatic rings. The van der Waals surface area contributed by atoms with Gasteiger partial charge in [-0.25, -0.2) is 9.18 Å². The van der Waals surface area contributed by atoms with Crippen molar-refractivity contribution in [1.82, 2.24) is 14.5 Å². The molecule has 8 heteroatoms. The Balaban J connectivity index is 1.69. The van der Waals surface area contributed by atoms with Gasteiger partial charge in [0, 0.05) is 39.8 Å². The molecule has 27 heavy (non-hydrogen) atoms. The summed E-state index contributed by atoms with van der Waals surface area (Å²) in [5.41, 5.74) is 0.0720. The molecule has 3 rings (SSSR count). The Morgan fingerprint density at radius 1 is 1.19 bits per heavy atom. The molecular formula is C19H23FN4O3. The van der Waals surface area contributed by atoms with Crippen molar-refractivity contribution in [2.45, 2.75) is 19.4 Å². The van der Waals surface area contributed by atoms with E-state index in [2.05, 4.69) is 5.32 Å². The van der Waals surface area contributed by atoms with Gasteiger partial charge in [-0.1, -0.05) is 12.1 Å². The van der Waals surface area contributed by atoms with Crippen LogP contribution in [0, 0.1) is 11.7 Å². The quantitative estimate of drug-likeness (QED) is 0.857. The van der Waals surface area contributed by atoms with Gasteiger partial charge >= 0.3 is 5.69 Å². The number of benzene rings is 1. The number of carbonyl (C=O) groups is 1. The molecule has 7 nitrogen and oxygen atoms in total. The summed E-state index contributed by atoms with van der Waals surface area (Å²) in [7, 11) is 3.06. The lowest BCUT2D eigenvalue weighted by Crippen LogP contribution is -2.46. The van der Waals surface area contributed by atoms with E-state index in [1.165, 1.54) is 29.8 Å². The molecule has 1 saturated heterocycles. The highest BCUT2D eigenvalue weighted by Gasteiger charge is 2.27. The minimum Gasteiger partial charge on any atom is -0.357 e. The zero-order chi connectivity index (χ0) is 19.6. The smallest absolute Gasteiger partial charge is 0.332 e. The first kappa shape index (κ1) is 18.9. The lowest BCUT2D eigenvalue weighted by molar-refractivity contribution is -0.125. The van der Waals surface area contributed by atoms with Crippen LogP contribution in [0.5, 0.6) is 0 Å². The summed E-state index contributed by atoms with van der Waals surface area (Å²) >= 11 is 0. The Bertz CT molecular complexity index is 949. The van der Waals surface area contributed by atoms with Gasteiger partial charge in [0.15, 0.2) is 0 Å². The minimum atomic E-state index is -0.389. The first-order valence-electron chi connectivity index (χ1n) is 8.91. The number of nitrogens with one attached hydrogen (secondary N) is 1. The van der Waals surface area contributed by atoms with Crippen LogP contribution in [0.1, 0.15) is 18.4 Å². The van der Waals surface area contributed by atoms with E-state index in [0.29, 0.717) is 25.5 Å². The third kappa shape index (κ3) is 4.10. The van der Waals surface area contributed by atoms with Crippen molar-refractivity contribution in [3.05, 3.63) is 62.6 Å². The van der Waals surface area contributed by atoms with Gasteiger partial charge in [0.2, 0.25) is 5.91 Å². The van der Waals surface area contributed by atoms with Crippen molar-refractivity contribution >= 4 is 11.7 Å². The maximum Gasteiger partial charge on any atom is 0.332 e. The summed E-state index contributed by atoms with van der Waals surface area (Å²) in [6, 6.07) is 7.43. The zero-order valence-electron chi connectivity index (χ0n) is 15.4. The molecule has 1 amide bonds. The largest absolute Gasteiger partial charge is 0.357 e. The second-order valence-electron chi connectivity index (χ2n) is 6.87. The molecule has 2 aromatic rings. The number of hydrogen-bond donors (Lipinski definition) is 1. The van der Waals surface area contributed by atoms with Crippen molar-refractivity contribution < 1.29 is 9.18 Å². The molecular weight excluding hydrogens is 351 g/mol. The third-order valence-electron chi connectivity index (χ3n) is 5.00. The summed E-state index contributed by atoms with van der Waals surface area (Å²) in [5, 5.41) is 2.88. The number of rotatable bonds is 4. The van der Waals surface area contributed by atoms with Crippen LogP contribution in [0.3, 0.4) is 0 Å². The molecule has 1 atom stereocenters. The van der Waals surface area contributed by atoms with E-state index in [-0.39, 0.29) is 28.9 Å². The molecule has 1 aliphatic heterocycles. The molecule has 0 saturated carbocycles. The SMILES string of the molecule is Cn1c(N2CCCC(C(=O)NCc3ccc(F)cc3)C2)cc(=O)n(C)c1=O. The zero-order valence-corrected chi connectivity index (χ0v) is 15.4. The number of piperidine rings is 1. The van der Waals surface area contributed by atoms with E-state index in [9.17, 15) is 18.8 Å². The fourth-order valence-corrected chi connectivity index (χ4v) is 3.36. The normalized spacial score (nSPS) is 17.0. The fourth-order valence-electron chi connectivity index (χ4n) is 3.36. The first-order valence-corrected chi connectivity index (χ1v) is 8.91. The van der Waals surface area contributed by atoms with Crippen molar-refractivity contribution in [3.8, 4) is 0 Å². The van der Waals surface area contributed by atoms with Crippen LogP contribution in [-0.4, -0.2) is 28.1 Å². The van der Waals surface area contributed by atoms with Crippen LogP contribution in [0.25, 0.3) is 0 Å². The molecule has 1 aromatic carbocycles. The van der Waals surface area contributed by atoms with Gasteiger partial charge in [-0.3, -0.25) is 18.7 Å². The lowest BCUT2D eigenvalue weighted by atomic mass is 9.97. The Kier molecular flexibility index (Phi) is 5.43. The maximum absolute atomic E-state index is 13.0. The van der Waals surface area contributed by atoms with Crippen molar-refractivity contribution in [2.75, 3.05) is 18.0 Å². The average Bonchev–Trinajstić information content (AvgIpc) is 2.68. The summed E-state index contributed by atoms with van der Waals surface area (Å²) in [4.78, 5) is 38.6. The molecule has 0 aliphatic carbocycles. The summed E-state index contributed by atoms with van der Waals surface area (Å²) in [5.74, 6) is -0.108. The number of aromatic nitrogens is 2. The van der Waals surface area contributed by atoms with Gasteiger partial charge in [-0.05, 0) is 30.5 Å². The van der Waals surface area contributed by atoms with Crippen molar-refractivity contribution in [3.63, 3.8) is 0 Å². The van der Waals surface area contributed by atoms with E-state index in [0.717, 1.165) is 23.0 Å². The summed E-state index contributed by atoms with van der Waals surface area (Å²) in [6.45, 7) is 1.46. The highest BCUT2D eigenvalue weighted by molar-refractivity contribution is 5.79. The first-order chi connectivity index (χ1) is 12.9. The van der Waals surface area contributed by atoms with Crippen LogP contribution in [0.15, 0.2) is 39.9 Å². The average molecular weight is 374 g/mol. The topological polar surface area (TPSA) is 76.3 Å². The third-order valence-corrected chi connectivity index (χ3v) is 5.00. The van der Waals surface area contributed by atoms with E-state index < -0.39 is 0 Å². The Hall–Kier alpha value is -2.90. The molecule has 0 spiro atoms. The number of halogens is 1. The minimum absolute atomic E-state index is 0.0853. The molecule has 1 N–H and O–H groups in total. The summed E-state index contributed by atoms with van der Waals surface area (Å²) in [6.07, 6.45) is 1.53. The maximum atomic E-state index is 13.0. The lowest BCUT2D eigenvalue weighted by Gasteiger charge is -2.34. The van der Waals surface area contributed by atoms with Gasteiger partial charge in [0.05, 0.1) is 5.92 Å². The molecule has 1 fully saturated rings. The van der Waals surface area contributed by atoms with Gasteiger partial charge in [0.25, 0.3) is 5.56 Å². The van der Waals surface area contributed by atoms with E-state index in [4.69, 9.17) is 0 Å². The molecule has 2 heterocycles. The predicted octanol–water partition coefficient (Wildman–Crippen LogP) is 0.756. The molecule has 0 bridgehead atoms. The molecule has 1 unspecified atom stereocenters. The molecule has 1 aromatic heterocycles. The fraction of sp³-hybridized carbons (Fsp3) is 0.421. The van der Waals surface area contributed by atoms with Crippen molar-refractivity contribution in [2.24, 2.45) is 20.0 Å². The van der Waals surface area contributed by atoms with Gasteiger partial charge in [0.1, 0.15) is 11.6 Å². The van der Waals surface area contributed by atoms with Crippen LogP contribution >= 0.6 is 0 Å². The van der Waals surface area contributed by atoms with E-state index >= 15 is 0 Å². The summed E-state index contributed by atoms with van der Waals surface area (Å²) < 4.78 is 15.4. The second-order valence-corrected chi connectivity index (χ2v) is 6.87. The van der Waals surface area contributed by atoms with Crippen LogP contribution in [0.4, 0.5) is 10.2 Å². The van der Waals surface area contributed by atoms with Crippen LogP contribution in [-0.2, 0) is 25.4 Å². The number of nitrogens with zero attached hydrogens (tertiary/aromatic N) is 3. The van der Waals surface area contributed by atoms with Crippen molar-refractivity contribution in [1.29, 1.82) is 0 Å². The van der Waals surface area contributed by atoms with Crippen LogP contribution < -0.4 is 21.5 Å². The van der Waals surface area contributed by atoms with Crippen LogP contribution in [0.2, 0.25) is 0 Å². The number of carbonyl (C=O) groups excluding carboxylic acids is 1. The van der Waals surface area contributed by atoms with Gasteiger partial charge in [-0.15, -0.1) is 0 Å². The monoisotopic (exact) mass is 374 g/mol. The molecule has 0 radical (unpaired) electrons. The highest BCUT2D eigenvalue weighted by Crippen LogP contribution is 2.21. The van der Waals surface area contributed by atoms with Gasteiger partial charge in [-0.2, -0.15) is 0 Å². The second kappa shape index (κ2) is 7.77. The highest BCUT2D eigenvalue weighted by atomic mass is 19.1. The predicted molar refractivity (Wildman–Crippen MR) is 100 cm³/mol. The van der Waals surface area contributed by atoms with E-state index in [1.807, 2.05) is 4.90 Å². The Labute approximate surface area is 156 Å². The Morgan fingerprint density at radius 2 is 1.89 bits per heavy atom. The Morgan fingerprint density at radius 3 is 2.59 bits per heavy atom. The molecule has 144 valence electrons. The van der Waals surface area contributed by atoms with Gasteiger partial charge < -0.3 is 10.2 Å². The number of hydrogen-bond acceptors (Lipinski definition) is 4. The number of amides is 1. The standard InChI is InChI=1S/C19H23FN4O3/c1-22-16(10-17(25)23(2)19(22)27)24-9-3-4-14(12-24)18(26)21-11-13-5-7-15(20)8-6-13/h5-8,10,14H,3-4,9,11-12H2,1-2H3,(H,21,26). The number of anilines is 1.